The minimum atomic E-state index is 0.000143. The highest BCUT2D eigenvalue weighted by atomic mass is 16.5. The second-order valence-corrected chi connectivity index (χ2v) is 6.25. The number of hydrogen-bond acceptors (Lipinski definition) is 3. The monoisotopic (exact) mass is 249 g/mol. The summed E-state index contributed by atoms with van der Waals surface area (Å²) in [5, 5.41) is 0. The van der Waals surface area contributed by atoms with E-state index in [0.717, 1.165) is 29.9 Å². The Morgan fingerprint density at radius 3 is 2.39 bits per heavy atom. The van der Waals surface area contributed by atoms with Gasteiger partial charge in [-0.05, 0) is 32.1 Å². The zero-order valence-electron chi connectivity index (χ0n) is 12.0. The quantitative estimate of drug-likeness (QED) is 0.815. The van der Waals surface area contributed by atoms with E-state index >= 15 is 0 Å². The van der Waals surface area contributed by atoms with Gasteiger partial charge in [0.05, 0.1) is 18.4 Å². The van der Waals surface area contributed by atoms with Crippen LogP contribution in [0.1, 0.15) is 53.0 Å². The summed E-state index contributed by atoms with van der Waals surface area (Å²) in [5.41, 5.74) is 1.11. The number of rotatable bonds is 4. The molecule has 0 amide bonds. The van der Waals surface area contributed by atoms with Crippen LogP contribution in [-0.2, 0) is 5.41 Å². The zero-order chi connectivity index (χ0) is 13.3. The lowest BCUT2D eigenvalue weighted by atomic mass is 9.87. The molecular weight excluding hydrogens is 226 g/mol. The Hall–Kier alpha value is -1.25. The molecule has 0 aliphatic heterocycles. The van der Waals surface area contributed by atoms with Crippen molar-refractivity contribution in [3.05, 3.63) is 18.0 Å². The van der Waals surface area contributed by atoms with Crippen molar-refractivity contribution in [3.8, 4) is 11.5 Å². The van der Waals surface area contributed by atoms with Crippen molar-refractivity contribution < 1.29 is 9.47 Å². The van der Waals surface area contributed by atoms with Gasteiger partial charge in [0.25, 0.3) is 0 Å². The predicted octanol–water partition coefficient (Wildman–Crippen LogP) is 3.71. The first kappa shape index (κ1) is 13.2. The minimum absolute atomic E-state index is 0.000143. The van der Waals surface area contributed by atoms with Crippen molar-refractivity contribution in [2.24, 2.45) is 0 Å². The van der Waals surface area contributed by atoms with E-state index in [1.807, 2.05) is 20.0 Å². The van der Waals surface area contributed by atoms with Gasteiger partial charge in [0.1, 0.15) is 0 Å². The van der Waals surface area contributed by atoms with Crippen LogP contribution >= 0.6 is 0 Å². The van der Waals surface area contributed by atoms with Crippen molar-refractivity contribution in [2.45, 2.75) is 65.1 Å². The molecule has 0 radical (unpaired) electrons. The fourth-order valence-electron chi connectivity index (χ4n) is 1.77. The van der Waals surface area contributed by atoms with Crippen LogP contribution in [0.15, 0.2) is 12.4 Å². The summed E-state index contributed by atoms with van der Waals surface area (Å²) in [6, 6.07) is 0. The molecular formula is C15H23NO2. The Labute approximate surface area is 110 Å². The van der Waals surface area contributed by atoms with E-state index in [9.17, 15) is 0 Å². The van der Waals surface area contributed by atoms with Crippen molar-refractivity contribution >= 4 is 0 Å². The summed E-state index contributed by atoms with van der Waals surface area (Å²) in [5.74, 6) is 1.65. The molecule has 1 aromatic heterocycles. The minimum Gasteiger partial charge on any atom is -0.487 e. The summed E-state index contributed by atoms with van der Waals surface area (Å²) >= 11 is 0. The highest BCUT2D eigenvalue weighted by Crippen LogP contribution is 2.40. The number of nitrogens with zero attached hydrogens (tertiary/aromatic N) is 1. The highest BCUT2D eigenvalue weighted by molar-refractivity contribution is 5.47. The van der Waals surface area contributed by atoms with Gasteiger partial charge < -0.3 is 9.47 Å². The third kappa shape index (κ3) is 3.15. The Kier molecular flexibility index (Phi) is 3.51. The Morgan fingerprint density at radius 2 is 1.89 bits per heavy atom. The molecule has 1 fully saturated rings. The predicted molar refractivity (Wildman–Crippen MR) is 72.4 cm³/mol. The third-order valence-corrected chi connectivity index (χ3v) is 2.84. The van der Waals surface area contributed by atoms with Gasteiger partial charge in [-0.2, -0.15) is 0 Å². The standard InChI is InChI=1S/C15H23NO2/c1-10(2)17-14-12(15(3,4)5)8-16-9-13(14)18-11-6-7-11/h8-11H,6-7H2,1-5H3. The fourth-order valence-corrected chi connectivity index (χ4v) is 1.77. The molecule has 1 heterocycles. The topological polar surface area (TPSA) is 31.4 Å². The summed E-state index contributed by atoms with van der Waals surface area (Å²) in [7, 11) is 0. The first-order valence-electron chi connectivity index (χ1n) is 6.69. The first-order valence-corrected chi connectivity index (χ1v) is 6.69. The number of hydrogen-bond donors (Lipinski definition) is 0. The SMILES string of the molecule is CC(C)Oc1c(OC2CC2)cncc1C(C)(C)C. The van der Waals surface area contributed by atoms with Crippen LogP contribution in [-0.4, -0.2) is 17.2 Å². The highest BCUT2D eigenvalue weighted by Gasteiger charge is 2.28. The van der Waals surface area contributed by atoms with Gasteiger partial charge in [0.2, 0.25) is 0 Å². The van der Waals surface area contributed by atoms with Crippen LogP contribution in [0.25, 0.3) is 0 Å². The van der Waals surface area contributed by atoms with E-state index in [1.54, 1.807) is 6.20 Å². The van der Waals surface area contributed by atoms with E-state index in [0.29, 0.717) is 6.10 Å². The van der Waals surface area contributed by atoms with E-state index in [4.69, 9.17) is 9.47 Å². The van der Waals surface area contributed by atoms with E-state index in [-0.39, 0.29) is 11.5 Å². The van der Waals surface area contributed by atoms with Gasteiger partial charge >= 0.3 is 0 Å². The van der Waals surface area contributed by atoms with Crippen LogP contribution < -0.4 is 9.47 Å². The Bertz CT molecular complexity index is 417. The lowest BCUT2D eigenvalue weighted by molar-refractivity contribution is 0.211. The number of pyridine rings is 1. The van der Waals surface area contributed by atoms with Crippen LogP contribution in [0.3, 0.4) is 0 Å². The number of ether oxygens (including phenoxy) is 2. The van der Waals surface area contributed by atoms with Gasteiger partial charge in [-0.3, -0.25) is 4.98 Å². The second kappa shape index (κ2) is 4.79. The fraction of sp³-hybridized carbons (Fsp3) is 0.667. The zero-order valence-corrected chi connectivity index (χ0v) is 12.0. The normalized spacial score (nSPS) is 15.9. The summed E-state index contributed by atoms with van der Waals surface area (Å²) in [6.45, 7) is 10.6. The molecule has 1 aromatic rings. The average Bonchev–Trinajstić information content (AvgIpc) is 3.02. The van der Waals surface area contributed by atoms with Gasteiger partial charge in [-0.15, -0.1) is 0 Å². The van der Waals surface area contributed by atoms with Crippen molar-refractivity contribution in [3.63, 3.8) is 0 Å². The van der Waals surface area contributed by atoms with Crippen LogP contribution in [0, 0.1) is 0 Å². The maximum Gasteiger partial charge on any atom is 0.180 e. The largest absolute Gasteiger partial charge is 0.487 e. The lowest BCUT2D eigenvalue weighted by Crippen LogP contribution is -2.17. The molecule has 1 aliphatic carbocycles. The van der Waals surface area contributed by atoms with Gasteiger partial charge in [-0.25, -0.2) is 0 Å². The molecule has 3 heteroatoms. The van der Waals surface area contributed by atoms with Crippen LogP contribution in [0.4, 0.5) is 0 Å². The Balaban J connectivity index is 2.37. The molecule has 0 saturated heterocycles. The van der Waals surface area contributed by atoms with E-state index in [2.05, 4.69) is 25.8 Å². The summed E-state index contributed by atoms with van der Waals surface area (Å²) < 4.78 is 11.9. The lowest BCUT2D eigenvalue weighted by Gasteiger charge is -2.25. The van der Waals surface area contributed by atoms with Gasteiger partial charge in [-0.1, -0.05) is 20.8 Å². The molecule has 0 unspecified atom stereocenters. The molecule has 0 bridgehead atoms. The molecule has 3 nitrogen and oxygen atoms in total. The Morgan fingerprint density at radius 1 is 1.22 bits per heavy atom. The van der Waals surface area contributed by atoms with Crippen LogP contribution in [0.5, 0.6) is 11.5 Å². The first-order chi connectivity index (χ1) is 8.38. The average molecular weight is 249 g/mol. The second-order valence-electron chi connectivity index (χ2n) is 6.25. The number of aromatic nitrogens is 1. The molecule has 2 rings (SSSR count). The van der Waals surface area contributed by atoms with Gasteiger partial charge in [0.15, 0.2) is 11.5 Å². The summed E-state index contributed by atoms with van der Waals surface area (Å²) in [4.78, 5) is 4.29. The van der Waals surface area contributed by atoms with Crippen molar-refractivity contribution in [1.29, 1.82) is 0 Å². The molecule has 18 heavy (non-hydrogen) atoms. The van der Waals surface area contributed by atoms with Crippen molar-refractivity contribution in [2.75, 3.05) is 0 Å². The molecule has 0 spiro atoms. The molecule has 0 N–H and O–H groups in total. The molecule has 1 aliphatic rings. The maximum absolute atomic E-state index is 5.97. The summed E-state index contributed by atoms with van der Waals surface area (Å²) in [6.07, 6.45) is 6.43. The molecule has 0 atom stereocenters. The van der Waals surface area contributed by atoms with Gasteiger partial charge in [0, 0.05) is 11.8 Å². The molecule has 100 valence electrons. The van der Waals surface area contributed by atoms with E-state index in [1.165, 1.54) is 0 Å². The van der Waals surface area contributed by atoms with E-state index < -0.39 is 0 Å². The smallest absolute Gasteiger partial charge is 0.180 e. The third-order valence-electron chi connectivity index (χ3n) is 2.84. The molecule has 1 saturated carbocycles. The van der Waals surface area contributed by atoms with Crippen molar-refractivity contribution in [1.82, 2.24) is 4.98 Å². The maximum atomic E-state index is 5.97. The van der Waals surface area contributed by atoms with Crippen LogP contribution in [0.2, 0.25) is 0 Å². The molecule has 0 aromatic carbocycles.